The topological polar surface area (TPSA) is 108 Å². The molecule has 1 fully saturated rings. The molecule has 0 saturated carbocycles. The van der Waals surface area contributed by atoms with Crippen LogP contribution in [0.5, 0.6) is 5.75 Å². The van der Waals surface area contributed by atoms with Gasteiger partial charge in [0, 0.05) is 49.7 Å². The number of alkyl halides is 3. The maximum absolute atomic E-state index is 12.9. The number of nitrogens with zero attached hydrogens (tertiary/aromatic N) is 3. The maximum Gasteiger partial charge on any atom is 0.439 e. The van der Waals surface area contributed by atoms with E-state index in [0.29, 0.717) is 35.8 Å². The van der Waals surface area contributed by atoms with Crippen molar-refractivity contribution in [3.05, 3.63) is 51.6 Å². The molecule has 0 aliphatic carbocycles. The van der Waals surface area contributed by atoms with E-state index in [1.807, 2.05) is 6.92 Å². The van der Waals surface area contributed by atoms with Gasteiger partial charge in [0.05, 0.1) is 5.56 Å². The lowest BCUT2D eigenvalue weighted by molar-refractivity contribution is -0.137. The molecule has 0 unspecified atom stereocenters. The van der Waals surface area contributed by atoms with Gasteiger partial charge in [-0.2, -0.15) is 13.2 Å². The van der Waals surface area contributed by atoms with Crippen LogP contribution >= 0.6 is 0 Å². The van der Waals surface area contributed by atoms with Crippen LogP contribution in [0.4, 0.5) is 24.7 Å². The summed E-state index contributed by atoms with van der Waals surface area (Å²) in [5.74, 6) is 0.0823. The Morgan fingerprint density at radius 1 is 1.18 bits per heavy atom. The lowest BCUT2D eigenvalue weighted by Crippen LogP contribution is -2.44. The number of aryl methyl sites for hydroxylation is 1. The normalized spacial score (nSPS) is 14.9. The molecule has 3 aromatic rings. The highest BCUT2D eigenvalue weighted by Gasteiger charge is 2.30. The second kappa shape index (κ2) is 9.85. The largest absolute Gasteiger partial charge is 0.491 e. The Morgan fingerprint density at radius 2 is 1.88 bits per heavy atom. The molecule has 2 aromatic heterocycles. The van der Waals surface area contributed by atoms with Gasteiger partial charge < -0.3 is 15.4 Å². The number of aromatic amines is 1. The number of benzene rings is 1. The number of rotatable bonds is 7. The van der Waals surface area contributed by atoms with E-state index < -0.39 is 17.5 Å². The molecular weight excluding hydrogens is 453 g/mol. The van der Waals surface area contributed by atoms with E-state index in [4.69, 9.17) is 4.74 Å². The fourth-order valence-electron chi connectivity index (χ4n) is 3.69. The van der Waals surface area contributed by atoms with E-state index in [-0.39, 0.29) is 11.6 Å². The summed E-state index contributed by atoms with van der Waals surface area (Å²) in [6.45, 7) is 8.40. The predicted molar refractivity (Wildman–Crippen MR) is 119 cm³/mol. The summed E-state index contributed by atoms with van der Waals surface area (Å²) >= 11 is 0. The fourth-order valence-corrected chi connectivity index (χ4v) is 3.69. The van der Waals surface area contributed by atoms with Crippen LogP contribution in [-0.2, 0) is 6.18 Å². The number of H-pyrrole nitrogens is 1. The third-order valence-corrected chi connectivity index (χ3v) is 5.64. The number of ether oxygens (including phenoxy) is 1. The lowest BCUT2D eigenvalue weighted by Gasteiger charge is -2.27. The number of nitrogens with one attached hydrogen (secondary N) is 3. The second-order valence-electron chi connectivity index (χ2n) is 7.96. The van der Waals surface area contributed by atoms with Crippen molar-refractivity contribution in [3.8, 4) is 17.1 Å². The zero-order valence-corrected chi connectivity index (χ0v) is 18.8. The highest BCUT2D eigenvalue weighted by atomic mass is 19.4. The Kier molecular flexibility index (Phi) is 6.89. The van der Waals surface area contributed by atoms with Crippen molar-refractivity contribution < 1.29 is 22.4 Å². The van der Waals surface area contributed by atoms with E-state index in [1.54, 1.807) is 6.92 Å². The Bertz CT molecular complexity index is 1180. The average Bonchev–Trinajstić information content (AvgIpc) is 3.23. The summed E-state index contributed by atoms with van der Waals surface area (Å²) in [5, 5.41) is 10.1. The minimum Gasteiger partial charge on any atom is -0.491 e. The molecular formula is C22H25F3N6O3. The van der Waals surface area contributed by atoms with Gasteiger partial charge in [0.1, 0.15) is 23.7 Å². The van der Waals surface area contributed by atoms with Gasteiger partial charge in [0.15, 0.2) is 5.82 Å². The molecule has 1 saturated heterocycles. The first-order valence-corrected chi connectivity index (χ1v) is 10.8. The molecule has 0 amide bonds. The second-order valence-corrected chi connectivity index (χ2v) is 7.96. The first kappa shape index (κ1) is 23.8. The van der Waals surface area contributed by atoms with Crippen molar-refractivity contribution in [2.75, 3.05) is 44.6 Å². The number of hydrogen-bond donors (Lipinski definition) is 3. The molecule has 1 aromatic carbocycles. The summed E-state index contributed by atoms with van der Waals surface area (Å²) < 4.78 is 49.6. The van der Waals surface area contributed by atoms with Crippen molar-refractivity contribution in [2.45, 2.75) is 20.0 Å². The summed E-state index contributed by atoms with van der Waals surface area (Å²) in [6, 6.07) is 4.57. The van der Waals surface area contributed by atoms with Crippen LogP contribution in [0.1, 0.15) is 16.8 Å². The van der Waals surface area contributed by atoms with Gasteiger partial charge in [0.2, 0.25) is 0 Å². The van der Waals surface area contributed by atoms with Crippen LogP contribution in [0.15, 0.2) is 33.6 Å². The molecule has 3 N–H and O–H groups in total. The van der Waals surface area contributed by atoms with E-state index >= 15 is 0 Å². The van der Waals surface area contributed by atoms with Gasteiger partial charge >= 0.3 is 11.9 Å². The Hall–Kier alpha value is -3.38. The van der Waals surface area contributed by atoms with Gasteiger partial charge in [-0.25, -0.2) is 9.78 Å². The smallest absolute Gasteiger partial charge is 0.439 e. The van der Waals surface area contributed by atoms with Gasteiger partial charge in [-0.3, -0.25) is 14.4 Å². The minimum absolute atomic E-state index is 0.104. The zero-order chi connectivity index (χ0) is 24.3. The molecule has 1 aliphatic rings. The molecule has 0 bridgehead atoms. The first-order valence-electron chi connectivity index (χ1n) is 10.8. The number of piperazine rings is 1. The van der Waals surface area contributed by atoms with Gasteiger partial charge in [-0.05, 0) is 38.1 Å². The first-order chi connectivity index (χ1) is 16.2. The molecule has 0 spiro atoms. The summed E-state index contributed by atoms with van der Waals surface area (Å²) in [6.07, 6.45) is -4.44. The molecule has 3 heterocycles. The Labute approximate surface area is 193 Å². The zero-order valence-electron chi connectivity index (χ0n) is 18.8. The molecule has 4 rings (SSSR count). The maximum atomic E-state index is 12.9. The van der Waals surface area contributed by atoms with E-state index in [1.165, 1.54) is 12.1 Å². The van der Waals surface area contributed by atoms with Gasteiger partial charge in [0.25, 0.3) is 0 Å². The van der Waals surface area contributed by atoms with Crippen molar-refractivity contribution >= 4 is 11.5 Å². The van der Waals surface area contributed by atoms with E-state index in [0.717, 1.165) is 43.9 Å². The molecule has 0 radical (unpaired) electrons. The predicted octanol–water partition coefficient (Wildman–Crippen LogP) is 3.09. The molecule has 182 valence electrons. The van der Waals surface area contributed by atoms with Crippen molar-refractivity contribution in [2.24, 2.45) is 0 Å². The third kappa shape index (κ3) is 5.39. The number of halogens is 3. The molecule has 1 aliphatic heterocycles. The van der Waals surface area contributed by atoms with Crippen molar-refractivity contribution in [1.29, 1.82) is 0 Å². The molecule has 9 nitrogen and oxygen atoms in total. The van der Waals surface area contributed by atoms with Crippen LogP contribution in [-0.4, -0.2) is 59.4 Å². The van der Waals surface area contributed by atoms with Crippen LogP contribution in [0.25, 0.3) is 11.4 Å². The standard InChI is InChI=1S/C22H25F3N6O3/c1-13-14(2)27-19(28-16-5-3-15(4-6-16)22(23,24)25)17(20-29-21(32)34-30-20)18(13)33-12-11-31-9-7-26-8-10-31/h3-6,26H,7-12H2,1-2H3,(H,27,28)(H,29,30,32). The van der Waals surface area contributed by atoms with Crippen molar-refractivity contribution in [1.82, 2.24) is 25.3 Å². The summed E-state index contributed by atoms with van der Waals surface area (Å²) in [7, 11) is 0. The lowest BCUT2D eigenvalue weighted by atomic mass is 10.1. The number of anilines is 2. The highest BCUT2D eigenvalue weighted by Crippen LogP contribution is 2.39. The number of aromatic nitrogens is 3. The van der Waals surface area contributed by atoms with Crippen LogP contribution < -0.4 is 21.1 Å². The Morgan fingerprint density at radius 3 is 2.50 bits per heavy atom. The molecule has 12 heteroatoms. The molecule has 34 heavy (non-hydrogen) atoms. The van der Waals surface area contributed by atoms with E-state index in [9.17, 15) is 18.0 Å². The van der Waals surface area contributed by atoms with Gasteiger partial charge in [-0.1, -0.05) is 5.16 Å². The summed E-state index contributed by atoms with van der Waals surface area (Å²) in [4.78, 5) is 21.0. The minimum atomic E-state index is -4.44. The van der Waals surface area contributed by atoms with Crippen LogP contribution in [0.3, 0.4) is 0 Å². The summed E-state index contributed by atoms with van der Waals surface area (Å²) in [5.41, 5.74) is 1.37. The van der Waals surface area contributed by atoms with Crippen LogP contribution in [0.2, 0.25) is 0 Å². The average molecular weight is 478 g/mol. The highest BCUT2D eigenvalue weighted by molar-refractivity contribution is 5.81. The van der Waals surface area contributed by atoms with E-state index in [2.05, 4.69) is 35.2 Å². The number of pyridine rings is 1. The number of hydrogen-bond acceptors (Lipinski definition) is 8. The molecule has 0 atom stereocenters. The fraction of sp³-hybridized carbons (Fsp3) is 0.409. The monoisotopic (exact) mass is 478 g/mol. The third-order valence-electron chi connectivity index (χ3n) is 5.64. The van der Waals surface area contributed by atoms with Gasteiger partial charge in [-0.15, -0.1) is 0 Å². The van der Waals surface area contributed by atoms with Crippen LogP contribution in [0, 0.1) is 13.8 Å². The Balaban J connectivity index is 1.67. The van der Waals surface area contributed by atoms with Crippen molar-refractivity contribution in [3.63, 3.8) is 0 Å². The quantitative estimate of drug-likeness (QED) is 0.476. The SMILES string of the molecule is Cc1nc(Nc2ccc(C(F)(F)F)cc2)c(-c2noc(=O)[nH]2)c(OCCN2CCNCC2)c1C.